The molecule has 4 rings (SSSR count). The summed E-state index contributed by atoms with van der Waals surface area (Å²) in [6, 6.07) is 16.6. The Morgan fingerprint density at radius 1 is 1.12 bits per heavy atom. The summed E-state index contributed by atoms with van der Waals surface area (Å²) in [6.45, 7) is 2.46. The molecule has 2 aromatic heterocycles. The second-order valence-corrected chi connectivity index (χ2v) is 8.35. The fraction of sp³-hybridized carbons (Fsp3) is 0.217. The van der Waals surface area contributed by atoms with Crippen molar-refractivity contribution in [3.8, 4) is 0 Å². The van der Waals surface area contributed by atoms with E-state index in [9.17, 15) is 14.7 Å². The van der Waals surface area contributed by atoms with Gasteiger partial charge in [0.2, 0.25) is 5.91 Å². The molecule has 0 radical (unpaired) electrons. The number of carbonyl (C=O) groups excluding carboxylic acids is 1. The van der Waals surface area contributed by atoms with Gasteiger partial charge in [0.25, 0.3) is 0 Å². The number of nitrogens with zero attached hydrogens (tertiary/aromatic N) is 3. The number of hydrogen-bond acceptors (Lipinski definition) is 5. The van der Waals surface area contributed by atoms with Crippen LogP contribution in [0.2, 0.25) is 0 Å². The summed E-state index contributed by atoms with van der Waals surface area (Å²) >= 11 is 1.24. The average molecular weight is 450 g/mol. The lowest BCUT2D eigenvalue weighted by molar-refractivity contribution is -0.141. The number of benzene rings is 2. The summed E-state index contributed by atoms with van der Waals surface area (Å²) in [5.41, 5.74) is 2.88. The standard InChI is InChI=1S/C23H23N5O3S/c1-15-26-27-23(28(15)13-16-7-3-2-4-8-16)32-14-21(29)25-20(22(30)31)11-17-12-24-19-10-6-5-9-18(17)19/h2-10,12,20,24H,11,13-14H2,1H3,(H,25,29)(H,30,31)/t20-/m0/s1. The zero-order valence-electron chi connectivity index (χ0n) is 17.5. The number of rotatable bonds is 9. The van der Waals surface area contributed by atoms with Gasteiger partial charge in [0.15, 0.2) is 5.16 Å². The molecule has 0 aliphatic heterocycles. The highest BCUT2D eigenvalue weighted by Crippen LogP contribution is 2.20. The number of nitrogens with one attached hydrogen (secondary N) is 2. The van der Waals surface area contributed by atoms with Crippen LogP contribution in [0.1, 0.15) is 17.0 Å². The van der Waals surface area contributed by atoms with Gasteiger partial charge in [-0.3, -0.25) is 4.79 Å². The second-order valence-electron chi connectivity index (χ2n) is 7.41. The molecule has 4 aromatic rings. The second kappa shape index (κ2) is 9.69. The van der Waals surface area contributed by atoms with Crippen molar-refractivity contribution in [1.29, 1.82) is 0 Å². The molecule has 9 heteroatoms. The molecular weight excluding hydrogens is 426 g/mol. The van der Waals surface area contributed by atoms with Crippen LogP contribution in [0, 0.1) is 6.92 Å². The van der Waals surface area contributed by atoms with Crippen molar-refractivity contribution in [1.82, 2.24) is 25.1 Å². The number of aliphatic carboxylic acids is 1. The van der Waals surface area contributed by atoms with Gasteiger partial charge in [-0.2, -0.15) is 0 Å². The number of carboxylic acids is 1. The predicted octanol–water partition coefficient (Wildman–Crippen LogP) is 3.02. The van der Waals surface area contributed by atoms with Crippen molar-refractivity contribution in [2.45, 2.75) is 31.1 Å². The lowest BCUT2D eigenvalue weighted by atomic mass is 10.1. The van der Waals surface area contributed by atoms with Gasteiger partial charge in [-0.1, -0.05) is 60.3 Å². The number of aryl methyl sites for hydroxylation is 1. The van der Waals surface area contributed by atoms with Crippen LogP contribution in [0.3, 0.4) is 0 Å². The SMILES string of the molecule is Cc1nnc(SCC(=O)N[C@@H](Cc2c[nH]c3ccccc23)C(=O)O)n1Cc1ccccc1. The van der Waals surface area contributed by atoms with Gasteiger partial charge in [0.1, 0.15) is 11.9 Å². The first-order valence-electron chi connectivity index (χ1n) is 10.1. The third-order valence-electron chi connectivity index (χ3n) is 5.15. The van der Waals surface area contributed by atoms with Crippen molar-refractivity contribution >= 4 is 34.5 Å². The highest BCUT2D eigenvalue weighted by atomic mass is 32.2. The van der Waals surface area contributed by atoms with Gasteiger partial charge in [0, 0.05) is 23.5 Å². The smallest absolute Gasteiger partial charge is 0.326 e. The molecule has 0 saturated heterocycles. The van der Waals surface area contributed by atoms with Crippen molar-refractivity contribution < 1.29 is 14.7 Å². The highest BCUT2D eigenvalue weighted by molar-refractivity contribution is 7.99. The zero-order chi connectivity index (χ0) is 22.5. The van der Waals surface area contributed by atoms with Gasteiger partial charge in [-0.05, 0) is 24.1 Å². The van der Waals surface area contributed by atoms with Crippen LogP contribution >= 0.6 is 11.8 Å². The zero-order valence-corrected chi connectivity index (χ0v) is 18.3. The first kappa shape index (κ1) is 21.6. The molecule has 2 aromatic carbocycles. The van der Waals surface area contributed by atoms with Crippen molar-refractivity contribution in [2.75, 3.05) is 5.75 Å². The molecule has 0 aliphatic rings. The van der Waals surface area contributed by atoms with E-state index in [1.807, 2.05) is 66.1 Å². The topological polar surface area (TPSA) is 113 Å². The van der Waals surface area contributed by atoms with Crippen LogP contribution < -0.4 is 5.32 Å². The Morgan fingerprint density at radius 3 is 2.66 bits per heavy atom. The molecule has 0 unspecified atom stereocenters. The van der Waals surface area contributed by atoms with Crippen LogP contribution in [0.4, 0.5) is 0 Å². The Kier molecular flexibility index (Phi) is 6.55. The van der Waals surface area contributed by atoms with Gasteiger partial charge >= 0.3 is 5.97 Å². The van der Waals surface area contributed by atoms with E-state index in [0.717, 1.165) is 27.9 Å². The molecule has 0 saturated carbocycles. The van der Waals surface area contributed by atoms with Crippen LogP contribution in [-0.4, -0.2) is 48.5 Å². The molecule has 3 N–H and O–H groups in total. The number of aromatic nitrogens is 4. The number of aromatic amines is 1. The number of fused-ring (bicyclic) bond motifs is 1. The molecule has 0 spiro atoms. The van der Waals surface area contributed by atoms with E-state index >= 15 is 0 Å². The number of carbonyl (C=O) groups is 2. The Labute approximate surface area is 189 Å². The minimum Gasteiger partial charge on any atom is -0.480 e. The summed E-state index contributed by atoms with van der Waals surface area (Å²) in [7, 11) is 0. The first-order chi connectivity index (χ1) is 15.5. The molecule has 8 nitrogen and oxygen atoms in total. The van der Waals surface area contributed by atoms with E-state index in [-0.39, 0.29) is 18.1 Å². The monoisotopic (exact) mass is 449 g/mol. The molecular formula is C23H23N5O3S. The maximum atomic E-state index is 12.5. The number of hydrogen-bond donors (Lipinski definition) is 3. The summed E-state index contributed by atoms with van der Waals surface area (Å²) in [5.74, 6) is -0.643. The minimum absolute atomic E-state index is 0.0462. The summed E-state index contributed by atoms with van der Waals surface area (Å²) < 4.78 is 1.94. The third kappa shape index (κ3) is 5.00. The third-order valence-corrected chi connectivity index (χ3v) is 6.12. The highest BCUT2D eigenvalue weighted by Gasteiger charge is 2.22. The van der Waals surface area contributed by atoms with Crippen LogP contribution in [0.25, 0.3) is 10.9 Å². The molecule has 1 atom stereocenters. The first-order valence-corrected chi connectivity index (χ1v) is 11.1. The Morgan fingerprint density at radius 2 is 1.88 bits per heavy atom. The Balaban J connectivity index is 1.39. The maximum absolute atomic E-state index is 12.5. The van der Waals surface area contributed by atoms with Gasteiger partial charge in [-0.15, -0.1) is 10.2 Å². The molecule has 0 bridgehead atoms. The maximum Gasteiger partial charge on any atom is 0.326 e. The van der Waals surface area contributed by atoms with Crippen LogP contribution in [0.15, 0.2) is 66.0 Å². The molecule has 1 amide bonds. The van der Waals surface area contributed by atoms with Gasteiger partial charge in [0.05, 0.1) is 12.3 Å². The molecule has 164 valence electrons. The lowest BCUT2D eigenvalue weighted by Gasteiger charge is -2.14. The number of para-hydroxylation sites is 1. The normalized spacial score (nSPS) is 12.0. The quantitative estimate of drug-likeness (QED) is 0.339. The van der Waals surface area contributed by atoms with E-state index in [1.54, 1.807) is 6.20 Å². The van der Waals surface area contributed by atoms with E-state index in [4.69, 9.17) is 0 Å². The predicted molar refractivity (Wildman–Crippen MR) is 123 cm³/mol. The van der Waals surface area contributed by atoms with Crippen LogP contribution in [0.5, 0.6) is 0 Å². The average Bonchev–Trinajstić information content (AvgIpc) is 3.36. The molecule has 2 heterocycles. The van der Waals surface area contributed by atoms with Gasteiger partial charge in [-0.25, -0.2) is 4.79 Å². The fourth-order valence-electron chi connectivity index (χ4n) is 3.50. The van der Waals surface area contributed by atoms with E-state index < -0.39 is 12.0 Å². The minimum atomic E-state index is -1.07. The Hall–Kier alpha value is -3.59. The summed E-state index contributed by atoms with van der Waals surface area (Å²) in [6.07, 6.45) is 1.98. The number of H-pyrrole nitrogens is 1. The van der Waals surface area contributed by atoms with E-state index in [1.165, 1.54) is 11.8 Å². The van der Waals surface area contributed by atoms with E-state index in [2.05, 4.69) is 20.5 Å². The van der Waals surface area contributed by atoms with Crippen molar-refractivity contribution in [3.63, 3.8) is 0 Å². The molecule has 0 aliphatic carbocycles. The Bertz CT molecular complexity index is 1230. The fourth-order valence-corrected chi connectivity index (χ4v) is 4.30. The molecule has 0 fully saturated rings. The largest absolute Gasteiger partial charge is 0.480 e. The number of amides is 1. The van der Waals surface area contributed by atoms with Crippen LogP contribution in [-0.2, 0) is 22.6 Å². The number of thioether (sulfide) groups is 1. The lowest BCUT2D eigenvalue weighted by Crippen LogP contribution is -2.43. The van der Waals surface area contributed by atoms with Crippen molar-refractivity contribution in [2.24, 2.45) is 0 Å². The molecule has 32 heavy (non-hydrogen) atoms. The summed E-state index contributed by atoms with van der Waals surface area (Å²) in [4.78, 5) is 27.4. The van der Waals surface area contributed by atoms with E-state index in [0.29, 0.717) is 11.7 Å². The number of carboxylic acid groups (broad SMARTS) is 1. The summed E-state index contributed by atoms with van der Waals surface area (Å²) in [5, 5.41) is 22.1. The van der Waals surface area contributed by atoms with Gasteiger partial charge < -0.3 is 20.0 Å². The van der Waals surface area contributed by atoms with Crippen molar-refractivity contribution in [3.05, 3.63) is 77.7 Å².